The number of hydrogen-bond acceptors (Lipinski definition) is 5. The van der Waals surface area contributed by atoms with Crippen LogP contribution in [0.4, 0.5) is 5.95 Å². The summed E-state index contributed by atoms with van der Waals surface area (Å²) in [6, 6.07) is 11.0. The minimum atomic E-state index is -1.08. The first kappa shape index (κ1) is 16.1. The molecule has 2 aromatic heterocycles. The molecule has 3 aromatic rings. The van der Waals surface area contributed by atoms with Crippen LogP contribution in [-0.2, 0) is 0 Å². The van der Waals surface area contributed by atoms with Gasteiger partial charge in [-0.1, -0.05) is 18.2 Å². The predicted octanol–water partition coefficient (Wildman–Crippen LogP) is 1.62. The Bertz CT molecular complexity index is 943. The molecule has 1 saturated heterocycles. The van der Waals surface area contributed by atoms with Crippen LogP contribution in [0.1, 0.15) is 21.0 Å². The standard InChI is InChI=1S/C18H17N5O3/c24-16(15-11-12-3-1-2-4-13(12)20-15)22-7-9-23(10-8-22)18-19-6-5-14(21-18)17(25)26/h1-6,11,20H,7-10H2,(H,25,26). The average molecular weight is 351 g/mol. The summed E-state index contributed by atoms with van der Waals surface area (Å²) >= 11 is 0. The Balaban J connectivity index is 1.45. The predicted molar refractivity (Wildman–Crippen MR) is 95.4 cm³/mol. The maximum absolute atomic E-state index is 12.7. The Morgan fingerprint density at radius 2 is 1.85 bits per heavy atom. The normalized spacial score (nSPS) is 14.6. The van der Waals surface area contributed by atoms with Crippen molar-refractivity contribution in [2.24, 2.45) is 0 Å². The fourth-order valence-corrected chi connectivity index (χ4v) is 3.09. The first-order valence-corrected chi connectivity index (χ1v) is 8.30. The van der Waals surface area contributed by atoms with Crippen LogP contribution in [0, 0.1) is 0 Å². The molecule has 8 nitrogen and oxygen atoms in total. The molecule has 1 fully saturated rings. The van der Waals surface area contributed by atoms with E-state index in [2.05, 4.69) is 15.0 Å². The molecule has 3 heterocycles. The van der Waals surface area contributed by atoms with E-state index >= 15 is 0 Å². The number of aromatic nitrogens is 3. The second-order valence-electron chi connectivity index (χ2n) is 6.10. The highest BCUT2D eigenvalue weighted by atomic mass is 16.4. The van der Waals surface area contributed by atoms with Gasteiger partial charge in [0.25, 0.3) is 5.91 Å². The van der Waals surface area contributed by atoms with E-state index < -0.39 is 5.97 Å². The fraction of sp³-hybridized carbons (Fsp3) is 0.222. The number of piperazine rings is 1. The zero-order valence-corrected chi connectivity index (χ0v) is 13.9. The molecule has 0 unspecified atom stereocenters. The highest BCUT2D eigenvalue weighted by Gasteiger charge is 2.24. The van der Waals surface area contributed by atoms with Crippen molar-refractivity contribution in [2.45, 2.75) is 0 Å². The summed E-state index contributed by atoms with van der Waals surface area (Å²) in [7, 11) is 0. The largest absolute Gasteiger partial charge is 0.477 e. The highest BCUT2D eigenvalue weighted by molar-refractivity contribution is 5.98. The maximum atomic E-state index is 12.7. The van der Waals surface area contributed by atoms with E-state index in [1.54, 1.807) is 4.90 Å². The van der Waals surface area contributed by atoms with Gasteiger partial charge in [-0.3, -0.25) is 4.79 Å². The summed E-state index contributed by atoms with van der Waals surface area (Å²) in [4.78, 5) is 38.8. The van der Waals surface area contributed by atoms with Crippen LogP contribution < -0.4 is 4.90 Å². The number of aromatic amines is 1. The summed E-state index contributed by atoms with van der Waals surface area (Å²) in [5.74, 6) is -0.745. The summed E-state index contributed by atoms with van der Waals surface area (Å²) in [5, 5.41) is 10.1. The van der Waals surface area contributed by atoms with Crippen LogP contribution in [0.3, 0.4) is 0 Å². The van der Waals surface area contributed by atoms with Crippen LogP contribution in [0.25, 0.3) is 10.9 Å². The van der Waals surface area contributed by atoms with Crippen LogP contribution in [0.5, 0.6) is 0 Å². The molecule has 0 saturated carbocycles. The lowest BCUT2D eigenvalue weighted by Crippen LogP contribution is -2.49. The SMILES string of the molecule is O=C(O)c1ccnc(N2CCN(C(=O)c3cc4ccccc4[nH]3)CC2)n1. The zero-order valence-electron chi connectivity index (χ0n) is 13.9. The van der Waals surface area contributed by atoms with Gasteiger partial charge in [-0.2, -0.15) is 0 Å². The molecule has 4 rings (SSSR count). The minimum absolute atomic E-state index is 0.0356. The number of carbonyl (C=O) groups excluding carboxylic acids is 1. The quantitative estimate of drug-likeness (QED) is 0.743. The van der Waals surface area contributed by atoms with Gasteiger partial charge in [0, 0.05) is 43.3 Å². The number of rotatable bonds is 3. The van der Waals surface area contributed by atoms with Crippen molar-refractivity contribution in [1.29, 1.82) is 0 Å². The van der Waals surface area contributed by atoms with Crippen molar-refractivity contribution < 1.29 is 14.7 Å². The molecule has 132 valence electrons. The van der Waals surface area contributed by atoms with Gasteiger partial charge in [0.05, 0.1) is 0 Å². The zero-order chi connectivity index (χ0) is 18.1. The molecule has 0 radical (unpaired) electrons. The van der Waals surface area contributed by atoms with E-state index in [4.69, 9.17) is 5.11 Å². The lowest BCUT2D eigenvalue weighted by molar-refractivity contribution is 0.0689. The number of H-pyrrole nitrogens is 1. The van der Waals surface area contributed by atoms with E-state index in [0.717, 1.165) is 10.9 Å². The molecule has 1 aliphatic rings. The molecule has 2 N–H and O–H groups in total. The van der Waals surface area contributed by atoms with Gasteiger partial charge in [0.15, 0.2) is 5.69 Å². The maximum Gasteiger partial charge on any atom is 0.354 e. The molecule has 1 aromatic carbocycles. The molecular formula is C18H17N5O3. The lowest BCUT2D eigenvalue weighted by Gasteiger charge is -2.34. The van der Waals surface area contributed by atoms with Gasteiger partial charge in [0.1, 0.15) is 5.69 Å². The van der Waals surface area contributed by atoms with Gasteiger partial charge in [0.2, 0.25) is 5.95 Å². The third-order valence-electron chi connectivity index (χ3n) is 4.47. The van der Waals surface area contributed by atoms with E-state index in [0.29, 0.717) is 37.8 Å². The summed E-state index contributed by atoms with van der Waals surface area (Å²) in [6.45, 7) is 2.15. The molecule has 0 bridgehead atoms. The Hall–Kier alpha value is -3.42. The van der Waals surface area contributed by atoms with Crippen molar-refractivity contribution in [3.05, 3.63) is 54.0 Å². The monoisotopic (exact) mass is 351 g/mol. The van der Waals surface area contributed by atoms with Gasteiger partial charge < -0.3 is 19.9 Å². The third kappa shape index (κ3) is 2.97. The first-order valence-electron chi connectivity index (χ1n) is 8.30. The number of fused-ring (bicyclic) bond motifs is 1. The molecule has 26 heavy (non-hydrogen) atoms. The molecule has 0 aliphatic carbocycles. The molecule has 1 aliphatic heterocycles. The van der Waals surface area contributed by atoms with E-state index in [9.17, 15) is 9.59 Å². The Morgan fingerprint density at radius 1 is 1.08 bits per heavy atom. The van der Waals surface area contributed by atoms with Gasteiger partial charge in [-0.15, -0.1) is 0 Å². The lowest BCUT2D eigenvalue weighted by atomic mass is 10.2. The molecule has 0 spiro atoms. The Kier molecular flexibility index (Phi) is 4.00. The number of anilines is 1. The van der Waals surface area contributed by atoms with Crippen LogP contribution in [0.2, 0.25) is 0 Å². The second-order valence-corrected chi connectivity index (χ2v) is 6.10. The Morgan fingerprint density at radius 3 is 2.58 bits per heavy atom. The third-order valence-corrected chi connectivity index (χ3v) is 4.47. The summed E-state index contributed by atoms with van der Waals surface area (Å²) in [6.07, 6.45) is 1.44. The number of benzene rings is 1. The van der Waals surface area contributed by atoms with Crippen molar-refractivity contribution in [2.75, 3.05) is 31.1 Å². The van der Waals surface area contributed by atoms with Gasteiger partial charge >= 0.3 is 5.97 Å². The number of amides is 1. The topological polar surface area (TPSA) is 102 Å². The van der Waals surface area contributed by atoms with Gasteiger partial charge in [-0.05, 0) is 18.2 Å². The number of hydrogen-bond donors (Lipinski definition) is 2. The number of nitrogens with one attached hydrogen (secondary N) is 1. The summed E-state index contributed by atoms with van der Waals surface area (Å²) in [5.41, 5.74) is 1.48. The van der Waals surface area contributed by atoms with Gasteiger partial charge in [-0.25, -0.2) is 14.8 Å². The number of nitrogens with zero attached hydrogens (tertiary/aromatic N) is 4. The fourth-order valence-electron chi connectivity index (χ4n) is 3.09. The Labute approximate surface area is 149 Å². The number of carboxylic acid groups (broad SMARTS) is 1. The van der Waals surface area contributed by atoms with Crippen LogP contribution in [0.15, 0.2) is 42.6 Å². The molecule has 8 heteroatoms. The average Bonchev–Trinajstić information content (AvgIpc) is 3.12. The molecule has 1 amide bonds. The smallest absolute Gasteiger partial charge is 0.354 e. The van der Waals surface area contributed by atoms with Crippen molar-refractivity contribution in [3.63, 3.8) is 0 Å². The second kappa shape index (κ2) is 6.47. The first-order chi connectivity index (χ1) is 12.6. The summed E-state index contributed by atoms with van der Waals surface area (Å²) < 4.78 is 0. The van der Waals surface area contributed by atoms with Crippen molar-refractivity contribution in [3.8, 4) is 0 Å². The van der Waals surface area contributed by atoms with Crippen LogP contribution >= 0.6 is 0 Å². The number of carboxylic acids is 1. The molecular weight excluding hydrogens is 334 g/mol. The van der Waals surface area contributed by atoms with E-state index in [1.165, 1.54) is 12.3 Å². The van der Waals surface area contributed by atoms with E-state index in [-0.39, 0.29) is 11.6 Å². The van der Waals surface area contributed by atoms with Crippen molar-refractivity contribution in [1.82, 2.24) is 19.9 Å². The highest BCUT2D eigenvalue weighted by Crippen LogP contribution is 2.18. The van der Waals surface area contributed by atoms with Crippen molar-refractivity contribution >= 4 is 28.7 Å². The van der Waals surface area contributed by atoms with Crippen LogP contribution in [-0.4, -0.2) is 63.0 Å². The number of carbonyl (C=O) groups is 2. The molecule has 0 atom stereocenters. The number of aromatic carboxylic acids is 1. The minimum Gasteiger partial charge on any atom is -0.477 e. The number of para-hydroxylation sites is 1. The van der Waals surface area contributed by atoms with E-state index in [1.807, 2.05) is 35.2 Å².